The quantitative estimate of drug-likeness (QED) is 0.773. The van der Waals surface area contributed by atoms with E-state index in [0.29, 0.717) is 0 Å². The molecule has 28 heavy (non-hydrogen) atoms. The molecule has 0 N–H and O–H groups in total. The summed E-state index contributed by atoms with van der Waals surface area (Å²) < 4.78 is 0. The first kappa shape index (κ1) is 20.2. The molecular weight excluding hydrogens is 344 g/mol. The number of hydrogen-bond donors (Lipinski definition) is 0. The predicted molar refractivity (Wildman–Crippen MR) is 119 cm³/mol. The van der Waals surface area contributed by atoms with Crippen molar-refractivity contribution in [3.8, 4) is 0 Å². The lowest BCUT2D eigenvalue weighted by molar-refractivity contribution is 0.0881. The fourth-order valence-corrected chi connectivity index (χ4v) is 5.26. The second kappa shape index (κ2) is 9.60. The minimum Gasteiger partial charge on any atom is -0.372 e. The first-order chi connectivity index (χ1) is 13.7. The molecule has 0 amide bonds. The number of hydrogen-bond acceptors (Lipinski definition) is 4. The predicted octanol–water partition coefficient (Wildman–Crippen LogP) is 3.17. The van der Waals surface area contributed by atoms with E-state index in [9.17, 15) is 0 Å². The molecule has 3 fully saturated rings. The summed E-state index contributed by atoms with van der Waals surface area (Å²) in [5.74, 6) is 1.83. The molecular formula is C24H40N4. The van der Waals surface area contributed by atoms with E-state index in [1.807, 2.05) is 0 Å². The van der Waals surface area contributed by atoms with Gasteiger partial charge in [-0.2, -0.15) is 0 Å². The molecule has 3 heterocycles. The van der Waals surface area contributed by atoms with Gasteiger partial charge < -0.3 is 19.6 Å². The molecule has 0 atom stereocenters. The Hall–Kier alpha value is -1.10. The number of nitrogens with zero attached hydrogens (tertiary/aromatic N) is 4. The minimum atomic E-state index is 0.891. The summed E-state index contributed by atoms with van der Waals surface area (Å²) in [7, 11) is 2.26. The largest absolute Gasteiger partial charge is 0.372 e. The van der Waals surface area contributed by atoms with Crippen LogP contribution in [0.4, 0.5) is 5.69 Å². The van der Waals surface area contributed by atoms with Crippen molar-refractivity contribution in [1.29, 1.82) is 0 Å². The molecule has 156 valence electrons. The third kappa shape index (κ3) is 5.49. The van der Waals surface area contributed by atoms with E-state index < -0.39 is 0 Å². The van der Waals surface area contributed by atoms with E-state index in [4.69, 9.17) is 0 Å². The van der Waals surface area contributed by atoms with Gasteiger partial charge >= 0.3 is 0 Å². The van der Waals surface area contributed by atoms with Gasteiger partial charge in [0, 0.05) is 58.0 Å². The summed E-state index contributed by atoms with van der Waals surface area (Å²) >= 11 is 0. The van der Waals surface area contributed by atoms with Crippen molar-refractivity contribution in [3.05, 3.63) is 29.8 Å². The lowest BCUT2D eigenvalue weighted by atomic mass is 9.95. The van der Waals surface area contributed by atoms with Crippen LogP contribution in [0.3, 0.4) is 0 Å². The lowest BCUT2D eigenvalue weighted by Gasteiger charge is -2.41. The fraction of sp³-hybridized carbons (Fsp3) is 0.750. The van der Waals surface area contributed by atoms with E-state index >= 15 is 0 Å². The Morgan fingerprint density at radius 2 is 1.14 bits per heavy atom. The smallest absolute Gasteiger partial charge is 0.0366 e. The Balaban J connectivity index is 1.14. The van der Waals surface area contributed by atoms with Gasteiger partial charge in [-0.25, -0.2) is 0 Å². The molecule has 0 radical (unpaired) electrons. The van der Waals surface area contributed by atoms with Crippen molar-refractivity contribution in [2.24, 2.45) is 11.8 Å². The summed E-state index contributed by atoms with van der Waals surface area (Å²) in [6.45, 7) is 15.0. The summed E-state index contributed by atoms with van der Waals surface area (Å²) in [5.41, 5.74) is 2.76. The zero-order valence-electron chi connectivity index (χ0n) is 18.2. The third-order valence-corrected chi connectivity index (χ3v) is 7.35. The first-order valence-electron chi connectivity index (χ1n) is 11.6. The first-order valence-corrected chi connectivity index (χ1v) is 11.6. The molecule has 0 aromatic heterocycles. The van der Waals surface area contributed by atoms with E-state index in [1.54, 1.807) is 0 Å². The van der Waals surface area contributed by atoms with E-state index in [2.05, 4.69) is 57.8 Å². The molecule has 3 aliphatic rings. The van der Waals surface area contributed by atoms with Crippen LogP contribution in [0.25, 0.3) is 0 Å². The summed E-state index contributed by atoms with van der Waals surface area (Å²) in [6, 6.07) is 9.07. The standard InChI is InChI=1S/C24H40N4/c1-21-3-5-24(6-4-21)28-13-9-23(10-14-28)20-27-17-15-26(16-18-27)19-22-7-11-25(2)12-8-22/h3-6,22-23H,7-20H2,1-2H3. The normalized spacial score (nSPS) is 24.7. The Labute approximate surface area is 172 Å². The maximum absolute atomic E-state index is 2.75. The van der Waals surface area contributed by atoms with Crippen molar-refractivity contribution in [3.63, 3.8) is 0 Å². The van der Waals surface area contributed by atoms with Gasteiger partial charge in [0.2, 0.25) is 0 Å². The molecule has 1 aromatic carbocycles. The molecule has 4 nitrogen and oxygen atoms in total. The third-order valence-electron chi connectivity index (χ3n) is 7.35. The van der Waals surface area contributed by atoms with Crippen molar-refractivity contribution in [2.45, 2.75) is 32.6 Å². The Bertz CT molecular complexity index is 577. The van der Waals surface area contributed by atoms with Crippen LogP contribution in [0.5, 0.6) is 0 Å². The second-order valence-electron chi connectivity index (χ2n) is 9.61. The maximum atomic E-state index is 2.75. The number of aryl methyl sites for hydroxylation is 1. The average molecular weight is 385 g/mol. The van der Waals surface area contributed by atoms with Gasteiger partial charge in [0.15, 0.2) is 0 Å². The molecule has 4 heteroatoms. The Kier molecular flexibility index (Phi) is 6.92. The SMILES string of the molecule is Cc1ccc(N2CCC(CN3CCN(CC4CCN(C)CC4)CC3)CC2)cc1. The molecule has 0 aliphatic carbocycles. The highest BCUT2D eigenvalue weighted by atomic mass is 15.3. The number of rotatable bonds is 5. The average Bonchev–Trinajstić information content (AvgIpc) is 2.72. The van der Waals surface area contributed by atoms with Crippen LogP contribution in [-0.2, 0) is 0 Å². The zero-order valence-corrected chi connectivity index (χ0v) is 18.2. The number of anilines is 1. The molecule has 1 aromatic rings. The van der Waals surface area contributed by atoms with Crippen LogP contribution in [0.15, 0.2) is 24.3 Å². The highest BCUT2D eigenvalue weighted by Gasteiger charge is 2.26. The molecule has 0 spiro atoms. The summed E-state index contributed by atoms with van der Waals surface area (Å²) in [4.78, 5) is 10.6. The molecule has 4 rings (SSSR count). The number of likely N-dealkylation sites (tertiary alicyclic amines) is 1. The van der Waals surface area contributed by atoms with Gasteiger partial charge in [-0.3, -0.25) is 0 Å². The van der Waals surface area contributed by atoms with Crippen LogP contribution in [0.2, 0.25) is 0 Å². The minimum absolute atomic E-state index is 0.891. The highest BCUT2D eigenvalue weighted by Crippen LogP contribution is 2.25. The molecule has 3 aliphatic heterocycles. The molecule has 0 unspecified atom stereocenters. The monoisotopic (exact) mass is 384 g/mol. The van der Waals surface area contributed by atoms with Gasteiger partial charge in [0.1, 0.15) is 0 Å². The van der Waals surface area contributed by atoms with Crippen molar-refractivity contribution in [2.75, 3.05) is 77.4 Å². The van der Waals surface area contributed by atoms with Crippen LogP contribution < -0.4 is 4.90 Å². The van der Waals surface area contributed by atoms with Crippen LogP contribution in [0.1, 0.15) is 31.2 Å². The van der Waals surface area contributed by atoms with Gasteiger partial charge in [-0.05, 0) is 76.7 Å². The molecule has 3 saturated heterocycles. The maximum Gasteiger partial charge on any atom is 0.0366 e. The Morgan fingerprint density at radius 1 is 0.679 bits per heavy atom. The second-order valence-corrected chi connectivity index (χ2v) is 9.61. The lowest BCUT2D eigenvalue weighted by Crippen LogP contribution is -2.50. The topological polar surface area (TPSA) is 13.0 Å². The number of benzene rings is 1. The molecule has 0 bridgehead atoms. The van der Waals surface area contributed by atoms with Crippen molar-refractivity contribution < 1.29 is 0 Å². The van der Waals surface area contributed by atoms with E-state index in [0.717, 1.165) is 11.8 Å². The van der Waals surface area contributed by atoms with Crippen LogP contribution >= 0.6 is 0 Å². The van der Waals surface area contributed by atoms with Gasteiger partial charge in [-0.15, -0.1) is 0 Å². The van der Waals surface area contributed by atoms with E-state index in [1.165, 1.54) is 102 Å². The summed E-state index contributed by atoms with van der Waals surface area (Å²) in [5, 5.41) is 0. The van der Waals surface area contributed by atoms with Crippen molar-refractivity contribution in [1.82, 2.24) is 14.7 Å². The molecule has 0 saturated carbocycles. The van der Waals surface area contributed by atoms with Gasteiger partial charge in [0.25, 0.3) is 0 Å². The van der Waals surface area contributed by atoms with Gasteiger partial charge in [0.05, 0.1) is 0 Å². The van der Waals surface area contributed by atoms with Gasteiger partial charge in [-0.1, -0.05) is 17.7 Å². The fourth-order valence-electron chi connectivity index (χ4n) is 5.26. The number of piperidine rings is 2. The Morgan fingerprint density at radius 3 is 1.64 bits per heavy atom. The summed E-state index contributed by atoms with van der Waals surface area (Å²) in [6.07, 6.45) is 5.50. The zero-order chi connectivity index (χ0) is 19.3. The van der Waals surface area contributed by atoms with Crippen molar-refractivity contribution >= 4 is 5.69 Å². The van der Waals surface area contributed by atoms with Crippen LogP contribution in [-0.4, -0.2) is 87.2 Å². The van der Waals surface area contributed by atoms with E-state index in [-0.39, 0.29) is 0 Å². The number of piperazine rings is 1. The van der Waals surface area contributed by atoms with Crippen LogP contribution in [0, 0.1) is 18.8 Å². The highest BCUT2D eigenvalue weighted by molar-refractivity contribution is 5.47.